The lowest BCUT2D eigenvalue weighted by atomic mass is 9.97. The standard InChI is InChI=1S/C76H52O46.C10H16N6S/c77-32-1-22(2-33(78)53(32)92)67(103)113-47-16-27(11-42(87)58(47)97)66(102)112-21-52-63(119-72(108)28-12-43(88)59(98)48(17-28)114-68(104)23-3-34(79)54(93)35(80)4-23)64(120-73(109)29-13-44(89)60(99)49(18-29)115-69(105)24-5-36(81)55(94)37(82)6-24)65(121-74(110)30-14-45(90)61(100)50(19-30)116-70(106)25-7-38(83)56(95)39(84)8-25)76(118-52)122-75(111)31-15-46(91)62(101)51(20-31)117-71(107)26-9-40(85)57(96)41(86)10-26;1-8-9(16-7-15-8)5-17-4-3-13-10(12-2)14-6-11/h1-20,52,63-65,76-101H,21H2;7H,3-5H2,1-2H3,(H,15,16)(H2,12,13,14)/t52-,63-,64+,65-,76+;/m1./s1. The molecule has 11 aromatic rings. The number of aryl methyl sites for hydroxylation is 1. The molecule has 0 aliphatic carbocycles. The summed E-state index contributed by atoms with van der Waals surface area (Å²) < 4.78 is 60.4. The lowest BCUT2D eigenvalue weighted by Crippen LogP contribution is -2.63. The van der Waals surface area contributed by atoms with Crippen LogP contribution in [0.5, 0.6) is 172 Å². The molecule has 2 heterocycles. The number of phenolic OH excluding ortho intramolecular Hbond substituents is 25. The van der Waals surface area contributed by atoms with Crippen LogP contribution in [-0.4, -0.2) is 260 Å². The lowest BCUT2D eigenvalue weighted by Gasteiger charge is -2.43. The van der Waals surface area contributed by atoms with Gasteiger partial charge in [0, 0.05) is 30.8 Å². The fourth-order valence-electron chi connectivity index (χ4n) is 12.0. The number of esters is 10. The number of carbonyl (C=O) groups is 10. The molecular weight excluding hydrogens is 1890 g/mol. The number of nitriles is 1. The zero-order valence-corrected chi connectivity index (χ0v) is 70.7. The highest BCUT2D eigenvalue weighted by Crippen LogP contribution is 2.48. The Hall–Kier alpha value is -19.8. The third kappa shape index (κ3) is 22.9. The van der Waals surface area contributed by atoms with Gasteiger partial charge in [-0.15, -0.1) is 0 Å². The average Bonchev–Trinajstić information content (AvgIpc) is 1.75. The van der Waals surface area contributed by atoms with Gasteiger partial charge in [-0.1, -0.05) is 0 Å². The molecule has 0 amide bonds. The zero-order valence-electron chi connectivity index (χ0n) is 69.8. The van der Waals surface area contributed by atoms with Gasteiger partial charge >= 0.3 is 59.7 Å². The first-order chi connectivity index (χ1) is 65.6. The third-order valence-corrected chi connectivity index (χ3v) is 20.0. The smallest absolute Gasteiger partial charge is 0.343 e. The number of hydrogen-bond acceptors (Lipinski definition) is 50. The summed E-state index contributed by atoms with van der Waals surface area (Å²) in [6.45, 7) is 1.07. The van der Waals surface area contributed by atoms with Gasteiger partial charge in [0.2, 0.25) is 47.1 Å². The molecule has 52 nitrogen and oxygen atoms in total. The predicted molar refractivity (Wildman–Crippen MR) is 452 cm³/mol. The molecule has 1 aromatic heterocycles. The highest BCUT2D eigenvalue weighted by molar-refractivity contribution is 7.98. The number of rotatable bonds is 26. The minimum atomic E-state index is -3.12. The Morgan fingerprint density at radius 3 is 0.878 bits per heavy atom. The van der Waals surface area contributed by atoms with E-state index < -0.39 is 325 Å². The van der Waals surface area contributed by atoms with Crippen molar-refractivity contribution >= 4 is 77.4 Å². The number of phenols is 25. The fourth-order valence-corrected chi connectivity index (χ4v) is 12.9. The largest absolute Gasteiger partial charge is 0.504 e. The number of carbonyl (C=O) groups excluding carboxylic acids is 10. The summed E-state index contributed by atoms with van der Waals surface area (Å²) in [5, 5.41) is 275. The summed E-state index contributed by atoms with van der Waals surface area (Å²) in [5.74, 6) is -53.6. The molecule has 5 atom stereocenters. The second kappa shape index (κ2) is 41.7. The zero-order chi connectivity index (χ0) is 102. The Morgan fingerprint density at radius 2 is 0.612 bits per heavy atom. The van der Waals surface area contributed by atoms with Crippen molar-refractivity contribution in [2.75, 3.05) is 26.0 Å². The van der Waals surface area contributed by atoms with E-state index in [9.17, 15) is 161 Å². The number of guanidine groups is 1. The molecule has 0 spiro atoms. The third-order valence-electron chi connectivity index (χ3n) is 19.0. The van der Waals surface area contributed by atoms with E-state index in [1.165, 1.54) is 0 Å². The number of aliphatic imine (C=N–C) groups is 1. The molecule has 0 radical (unpaired) electrons. The quantitative estimate of drug-likeness (QED) is 0.00369. The minimum absolute atomic E-state index is 0.295. The highest BCUT2D eigenvalue weighted by atomic mass is 32.2. The topological polar surface area (TPSA) is 867 Å². The van der Waals surface area contributed by atoms with Gasteiger partial charge < -0.3 is 190 Å². The Morgan fingerprint density at radius 1 is 0.360 bits per heavy atom. The number of benzene rings is 10. The van der Waals surface area contributed by atoms with Gasteiger partial charge in [0.05, 0.1) is 67.7 Å². The summed E-state index contributed by atoms with van der Waals surface area (Å²) in [7, 11) is 1.63. The van der Waals surface area contributed by atoms with Gasteiger partial charge in [0.15, 0.2) is 162 Å². The van der Waals surface area contributed by atoms with E-state index in [2.05, 4.69) is 25.6 Å². The molecule has 12 rings (SSSR count). The Labute approximate surface area is 775 Å². The van der Waals surface area contributed by atoms with Gasteiger partial charge in [-0.2, -0.15) is 17.0 Å². The normalized spacial score (nSPS) is 14.2. The van der Waals surface area contributed by atoms with Crippen LogP contribution < -0.4 is 34.3 Å². The molecule has 10 aromatic carbocycles. The van der Waals surface area contributed by atoms with E-state index in [-0.39, 0.29) is 0 Å². The van der Waals surface area contributed by atoms with Crippen LogP contribution in [0.1, 0.15) is 115 Å². The summed E-state index contributed by atoms with van der Waals surface area (Å²) in [5.41, 5.74) is -7.68. The van der Waals surface area contributed by atoms with Crippen LogP contribution in [0.3, 0.4) is 0 Å². The number of aromatic hydroxyl groups is 25. The van der Waals surface area contributed by atoms with Gasteiger partial charge in [-0.3, -0.25) is 10.3 Å². The van der Waals surface area contributed by atoms with Gasteiger partial charge in [0.1, 0.15) is 12.7 Å². The molecule has 1 aliphatic rings. The number of nitrogens with zero attached hydrogens (tertiary/aromatic N) is 3. The first-order valence-corrected chi connectivity index (χ1v) is 39.5. The van der Waals surface area contributed by atoms with Gasteiger partial charge in [0.25, 0.3) is 0 Å². The maximum Gasteiger partial charge on any atom is 0.343 e. The summed E-state index contributed by atoms with van der Waals surface area (Å²) in [6, 6.07) is 8.56. The molecular formula is C86H68N6O46S. The second-order valence-electron chi connectivity index (χ2n) is 28.4. The number of hydrogen-bond donors (Lipinski definition) is 28. The Kier molecular flexibility index (Phi) is 30.0. The molecule has 28 N–H and O–H groups in total. The second-order valence-corrected chi connectivity index (χ2v) is 29.5. The minimum Gasteiger partial charge on any atom is -0.504 e. The van der Waals surface area contributed by atoms with E-state index in [1.54, 1.807) is 25.1 Å². The molecule has 1 saturated heterocycles. The van der Waals surface area contributed by atoms with E-state index in [0.29, 0.717) is 127 Å². The van der Waals surface area contributed by atoms with E-state index in [0.717, 1.165) is 29.4 Å². The fraction of sp³-hybridized carbons (Fsp3) is 0.128. The van der Waals surface area contributed by atoms with Crippen molar-refractivity contribution in [2.24, 2.45) is 4.99 Å². The molecule has 724 valence electrons. The van der Waals surface area contributed by atoms with Crippen LogP contribution >= 0.6 is 11.8 Å². The average molecular weight is 1950 g/mol. The first kappa shape index (κ1) is 99.7. The monoisotopic (exact) mass is 1950 g/mol. The molecule has 0 bridgehead atoms. The molecule has 139 heavy (non-hydrogen) atoms. The van der Waals surface area contributed by atoms with Gasteiger partial charge in [-0.25, -0.2) is 52.9 Å². The van der Waals surface area contributed by atoms with E-state index in [4.69, 9.17) is 57.4 Å². The van der Waals surface area contributed by atoms with Gasteiger partial charge in [-0.05, 0) is 128 Å². The number of ether oxygens (including phenoxy) is 11. The van der Waals surface area contributed by atoms with Crippen LogP contribution in [0.2, 0.25) is 0 Å². The lowest BCUT2D eigenvalue weighted by molar-refractivity contribution is -0.282. The maximum atomic E-state index is 15.3. The number of thioether (sulfide) groups is 1. The number of H-pyrrole nitrogens is 1. The van der Waals surface area contributed by atoms with Crippen molar-refractivity contribution < 1.29 is 228 Å². The SMILES string of the molecule is CN=C(NC#N)NCCSCc1nc[nH]c1C.O=C(OC[C@H]1O[C@@H](OC(=O)c2cc(O)c(O)c(OC(=O)c3cc(O)c(O)c(O)c3)c2)[C@H](OC(=O)c2cc(O)c(O)c(OC(=O)c3cc(O)c(O)c(O)c3)c2)[C@@H](OC(=O)c2cc(O)c(O)c(OC(=O)c3cc(O)c(O)c(O)c3)c2)[C@@H]1OC(=O)c1cc(O)c(O)c(OC(=O)c2cc(O)c(O)c(O)c2)c1)c1cc(O)c(O)c(OC(=O)c2cc(O)c(O)c(O)c2)c1. The summed E-state index contributed by atoms with van der Waals surface area (Å²) in [4.78, 5) is 154. The van der Waals surface area contributed by atoms with Crippen molar-refractivity contribution in [1.82, 2.24) is 20.6 Å². The number of imidazole rings is 1. The summed E-state index contributed by atoms with van der Waals surface area (Å²) in [6.07, 6.45) is -11.5. The van der Waals surface area contributed by atoms with Crippen molar-refractivity contribution in [3.8, 4) is 179 Å². The van der Waals surface area contributed by atoms with Crippen LogP contribution in [0, 0.1) is 18.4 Å². The van der Waals surface area contributed by atoms with Crippen molar-refractivity contribution in [3.63, 3.8) is 0 Å². The molecule has 0 unspecified atom stereocenters. The Balaban J connectivity index is 0.000000981. The number of aromatic nitrogens is 2. The highest BCUT2D eigenvalue weighted by Gasteiger charge is 2.55. The first-order valence-electron chi connectivity index (χ1n) is 38.4. The van der Waals surface area contributed by atoms with E-state index in [1.807, 2.05) is 13.1 Å². The van der Waals surface area contributed by atoms with Crippen LogP contribution in [0.4, 0.5) is 0 Å². The van der Waals surface area contributed by atoms with E-state index >= 15 is 14.4 Å². The van der Waals surface area contributed by atoms with Crippen molar-refractivity contribution in [3.05, 3.63) is 195 Å². The van der Waals surface area contributed by atoms with Crippen molar-refractivity contribution in [2.45, 2.75) is 43.4 Å². The van der Waals surface area contributed by atoms with Crippen LogP contribution in [-0.2, 0) is 34.2 Å². The molecule has 53 heteroatoms. The summed E-state index contributed by atoms with van der Waals surface area (Å²) >= 11 is 1.79. The van der Waals surface area contributed by atoms with Crippen molar-refractivity contribution in [1.29, 1.82) is 5.26 Å². The predicted octanol–water partition coefficient (Wildman–Crippen LogP) is 5.44. The molecule has 1 aliphatic heterocycles. The molecule has 0 saturated carbocycles. The van der Waals surface area contributed by atoms with Crippen LogP contribution in [0.25, 0.3) is 0 Å². The number of aromatic amines is 1. The Bertz CT molecular complexity index is 6770. The molecule has 1 fully saturated rings. The van der Waals surface area contributed by atoms with Crippen LogP contribution in [0.15, 0.2) is 133 Å². The number of nitrogens with one attached hydrogen (secondary N) is 3. The maximum absolute atomic E-state index is 15.3.